The van der Waals surface area contributed by atoms with Crippen LogP contribution in [-0.2, 0) is 19.6 Å². The molecule has 0 radical (unpaired) electrons. The van der Waals surface area contributed by atoms with Gasteiger partial charge in [-0.25, -0.2) is 17.2 Å². The summed E-state index contributed by atoms with van der Waals surface area (Å²) in [5.74, 6) is -2.59. The highest BCUT2D eigenvalue weighted by Crippen LogP contribution is 2.26. The first-order chi connectivity index (χ1) is 15.8. The van der Waals surface area contributed by atoms with E-state index in [4.69, 9.17) is 9.15 Å². The monoisotopic (exact) mass is 496 g/mol. The molecule has 2 heterocycles. The Morgan fingerprint density at radius 2 is 1.88 bits per heavy atom. The predicted molar refractivity (Wildman–Crippen MR) is 115 cm³/mol. The molecule has 1 fully saturated rings. The van der Waals surface area contributed by atoms with Gasteiger partial charge in [-0.05, 0) is 30.3 Å². The highest BCUT2D eigenvalue weighted by molar-refractivity contribution is 7.99. The van der Waals surface area contributed by atoms with E-state index in [1.165, 1.54) is 22.5 Å². The molecule has 3 aromatic rings. The molecular formula is C20H18F2N4O5S2. The number of anilines is 1. The molecular weight excluding hydrogens is 478 g/mol. The molecule has 0 spiro atoms. The Balaban J connectivity index is 1.40. The van der Waals surface area contributed by atoms with Crippen molar-refractivity contribution in [3.05, 3.63) is 54.1 Å². The molecule has 1 amide bonds. The molecule has 2 aromatic carbocycles. The van der Waals surface area contributed by atoms with E-state index >= 15 is 0 Å². The number of carbonyl (C=O) groups excluding carboxylic acids is 1. The predicted octanol–water partition coefficient (Wildman–Crippen LogP) is 2.77. The van der Waals surface area contributed by atoms with Crippen LogP contribution in [0.15, 0.2) is 57.0 Å². The van der Waals surface area contributed by atoms with E-state index in [1.807, 2.05) is 0 Å². The third-order valence-corrected chi connectivity index (χ3v) is 7.34. The molecule has 1 aliphatic rings. The van der Waals surface area contributed by atoms with Crippen molar-refractivity contribution < 1.29 is 31.1 Å². The second kappa shape index (κ2) is 9.95. The maximum atomic E-state index is 13.2. The van der Waals surface area contributed by atoms with Gasteiger partial charge >= 0.3 is 0 Å². The number of aromatic nitrogens is 2. The Hall–Kier alpha value is -2.87. The Labute approximate surface area is 192 Å². The summed E-state index contributed by atoms with van der Waals surface area (Å²) in [6.07, 6.45) is 0. The first-order valence-corrected chi connectivity index (χ1v) is 12.1. The largest absolute Gasteiger partial charge is 0.411 e. The molecule has 0 aliphatic carbocycles. The summed E-state index contributed by atoms with van der Waals surface area (Å²) in [5, 5.41) is 10.3. The zero-order valence-electron chi connectivity index (χ0n) is 17.0. The van der Waals surface area contributed by atoms with Crippen molar-refractivity contribution in [2.75, 3.05) is 37.4 Å². The maximum absolute atomic E-state index is 13.2. The highest BCUT2D eigenvalue weighted by Gasteiger charge is 2.27. The summed E-state index contributed by atoms with van der Waals surface area (Å²) in [7, 11) is -3.69. The van der Waals surface area contributed by atoms with E-state index in [2.05, 4.69) is 15.5 Å². The number of halogens is 2. The van der Waals surface area contributed by atoms with Gasteiger partial charge in [-0.1, -0.05) is 17.8 Å². The van der Waals surface area contributed by atoms with Crippen LogP contribution in [0.25, 0.3) is 11.5 Å². The van der Waals surface area contributed by atoms with Gasteiger partial charge in [0.2, 0.25) is 21.8 Å². The summed E-state index contributed by atoms with van der Waals surface area (Å²) in [4.78, 5) is 12.1. The van der Waals surface area contributed by atoms with Crippen LogP contribution in [0.5, 0.6) is 0 Å². The van der Waals surface area contributed by atoms with Crippen LogP contribution < -0.4 is 5.32 Å². The Morgan fingerprint density at radius 3 is 2.64 bits per heavy atom. The molecule has 0 bridgehead atoms. The lowest BCUT2D eigenvalue weighted by molar-refractivity contribution is -0.113. The minimum absolute atomic E-state index is 0.0897. The molecule has 33 heavy (non-hydrogen) atoms. The first-order valence-electron chi connectivity index (χ1n) is 9.72. The molecule has 0 unspecified atom stereocenters. The number of nitrogens with zero attached hydrogens (tertiary/aromatic N) is 3. The third kappa shape index (κ3) is 5.55. The zero-order chi connectivity index (χ0) is 23.4. The molecule has 0 atom stereocenters. The van der Waals surface area contributed by atoms with Gasteiger partial charge in [-0.3, -0.25) is 4.79 Å². The number of hydrogen-bond donors (Lipinski definition) is 1. The van der Waals surface area contributed by atoms with Gasteiger partial charge in [0.05, 0.1) is 23.9 Å². The van der Waals surface area contributed by atoms with Crippen molar-refractivity contribution >= 4 is 33.4 Å². The van der Waals surface area contributed by atoms with E-state index in [0.717, 1.165) is 23.9 Å². The van der Waals surface area contributed by atoms with Gasteiger partial charge in [0.15, 0.2) is 11.6 Å². The highest BCUT2D eigenvalue weighted by atomic mass is 32.2. The number of rotatable bonds is 7. The quantitative estimate of drug-likeness (QED) is 0.497. The summed E-state index contributed by atoms with van der Waals surface area (Å²) < 4.78 is 64.0. The molecule has 1 aromatic heterocycles. The molecule has 13 heteroatoms. The van der Waals surface area contributed by atoms with Crippen LogP contribution in [0.2, 0.25) is 0 Å². The molecule has 1 aliphatic heterocycles. The molecule has 9 nitrogen and oxygen atoms in total. The van der Waals surface area contributed by atoms with E-state index in [0.29, 0.717) is 18.8 Å². The fourth-order valence-electron chi connectivity index (χ4n) is 3.01. The zero-order valence-corrected chi connectivity index (χ0v) is 18.7. The number of hydrogen-bond acceptors (Lipinski definition) is 8. The van der Waals surface area contributed by atoms with E-state index in [9.17, 15) is 22.0 Å². The lowest BCUT2D eigenvalue weighted by atomic mass is 10.2. The summed E-state index contributed by atoms with van der Waals surface area (Å²) in [6, 6.07) is 9.18. The number of morpholine rings is 1. The van der Waals surface area contributed by atoms with Crippen LogP contribution in [0.3, 0.4) is 0 Å². The number of thioether (sulfide) groups is 1. The van der Waals surface area contributed by atoms with Crippen molar-refractivity contribution in [3.63, 3.8) is 0 Å². The smallest absolute Gasteiger partial charge is 0.277 e. The molecule has 0 saturated carbocycles. The van der Waals surface area contributed by atoms with Crippen molar-refractivity contribution in [2.24, 2.45) is 0 Å². The number of amides is 1. The van der Waals surface area contributed by atoms with Gasteiger partial charge in [0, 0.05) is 30.4 Å². The second-order valence-electron chi connectivity index (χ2n) is 6.88. The minimum Gasteiger partial charge on any atom is -0.411 e. The topological polar surface area (TPSA) is 115 Å². The fourth-order valence-corrected chi connectivity index (χ4v) is 5.03. The maximum Gasteiger partial charge on any atom is 0.277 e. The fraction of sp³-hybridized carbons (Fsp3) is 0.250. The third-order valence-electron chi connectivity index (χ3n) is 4.63. The average molecular weight is 497 g/mol. The number of sulfonamides is 1. The van der Waals surface area contributed by atoms with Gasteiger partial charge in [0.25, 0.3) is 5.22 Å². The summed E-state index contributed by atoms with van der Waals surface area (Å²) in [6.45, 7) is 1.24. The molecule has 174 valence electrons. The Bertz CT molecular complexity index is 1260. The van der Waals surface area contributed by atoms with Gasteiger partial charge in [-0.2, -0.15) is 4.31 Å². The number of nitrogens with one attached hydrogen (secondary N) is 1. The van der Waals surface area contributed by atoms with Crippen LogP contribution in [0.4, 0.5) is 14.5 Å². The number of benzene rings is 2. The van der Waals surface area contributed by atoms with E-state index < -0.39 is 27.6 Å². The van der Waals surface area contributed by atoms with Crippen LogP contribution in [0.1, 0.15) is 0 Å². The van der Waals surface area contributed by atoms with E-state index in [1.54, 1.807) is 12.1 Å². The van der Waals surface area contributed by atoms with Gasteiger partial charge in [0.1, 0.15) is 0 Å². The SMILES string of the molecule is O=C(CSc1nnc(-c2cccc(S(=O)(=O)N3CCOCC3)c2)o1)Nc1ccc(F)c(F)c1. The van der Waals surface area contributed by atoms with Crippen molar-refractivity contribution in [1.29, 1.82) is 0 Å². The van der Waals surface area contributed by atoms with Crippen LogP contribution in [0, 0.1) is 11.6 Å². The minimum atomic E-state index is -3.69. The molecule has 1 saturated heterocycles. The molecule has 4 rings (SSSR count). The summed E-state index contributed by atoms with van der Waals surface area (Å²) in [5.41, 5.74) is 0.527. The van der Waals surface area contributed by atoms with Crippen LogP contribution >= 0.6 is 11.8 Å². The molecule has 1 N–H and O–H groups in total. The van der Waals surface area contributed by atoms with E-state index in [-0.39, 0.29) is 40.5 Å². The van der Waals surface area contributed by atoms with Crippen LogP contribution in [-0.4, -0.2) is 60.9 Å². The number of ether oxygens (including phenoxy) is 1. The van der Waals surface area contributed by atoms with Crippen molar-refractivity contribution in [2.45, 2.75) is 10.1 Å². The van der Waals surface area contributed by atoms with Crippen molar-refractivity contribution in [3.8, 4) is 11.5 Å². The lowest BCUT2D eigenvalue weighted by Gasteiger charge is -2.26. The van der Waals surface area contributed by atoms with Gasteiger partial charge < -0.3 is 14.5 Å². The van der Waals surface area contributed by atoms with Gasteiger partial charge in [-0.15, -0.1) is 10.2 Å². The Kier molecular flexibility index (Phi) is 7.02. The first kappa shape index (κ1) is 23.3. The standard InChI is InChI=1S/C20H18F2N4O5S2/c21-16-5-4-14(11-17(16)22)23-18(27)12-32-20-25-24-19(31-20)13-2-1-3-15(10-13)33(28,29)26-6-8-30-9-7-26/h1-5,10-11H,6-9,12H2,(H,23,27). The summed E-state index contributed by atoms with van der Waals surface area (Å²) >= 11 is 0.943. The normalized spacial score (nSPS) is 14.8. The number of carbonyl (C=O) groups is 1. The Morgan fingerprint density at radius 1 is 1.09 bits per heavy atom. The van der Waals surface area contributed by atoms with Crippen molar-refractivity contribution in [1.82, 2.24) is 14.5 Å². The lowest BCUT2D eigenvalue weighted by Crippen LogP contribution is -2.40. The average Bonchev–Trinajstić information content (AvgIpc) is 3.30. The second-order valence-corrected chi connectivity index (χ2v) is 9.75.